The Morgan fingerprint density at radius 1 is 1.39 bits per heavy atom. The predicted molar refractivity (Wildman–Crippen MR) is 75.7 cm³/mol. The summed E-state index contributed by atoms with van der Waals surface area (Å²) in [5, 5.41) is 0. The second-order valence-corrected chi connectivity index (χ2v) is 7.85. The van der Waals surface area contributed by atoms with Gasteiger partial charge in [-0.05, 0) is 50.8 Å². The van der Waals surface area contributed by atoms with Gasteiger partial charge in [0.15, 0.2) is 0 Å². The van der Waals surface area contributed by atoms with Crippen LogP contribution in [0.2, 0.25) is 0 Å². The van der Waals surface area contributed by atoms with Gasteiger partial charge in [0.1, 0.15) is 4.90 Å². The highest BCUT2D eigenvalue weighted by atomic mass is 79.9. The molecule has 1 aliphatic carbocycles. The van der Waals surface area contributed by atoms with Gasteiger partial charge in [-0.1, -0.05) is 15.9 Å². The maximum absolute atomic E-state index is 12.3. The topological polar surface area (TPSA) is 72.2 Å². The van der Waals surface area contributed by atoms with Gasteiger partial charge < -0.3 is 5.73 Å². The third kappa shape index (κ3) is 2.87. The van der Waals surface area contributed by atoms with Crippen molar-refractivity contribution in [1.82, 2.24) is 4.72 Å². The standard InChI is InChI=1S/C12H17BrN2O2S/c1-12(2,8-3-4-8)15-18(16,17)11-7-9(13)5-6-10(11)14/h5-8,15H,3-4,14H2,1-2H3. The molecule has 2 rings (SSSR count). The first-order valence-corrected chi connectivity index (χ1v) is 8.09. The molecule has 0 unspecified atom stereocenters. The van der Waals surface area contributed by atoms with Crippen LogP contribution in [0.3, 0.4) is 0 Å². The molecule has 1 saturated carbocycles. The Morgan fingerprint density at radius 2 is 2.00 bits per heavy atom. The van der Waals surface area contributed by atoms with E-state index in [0.29, 0.717) is 10.4 Å². The molecule has 0 radical (unpaired) electrons. The molecule has 6 heteroatoms. The van der Waals surface area contributed by atoms with E-state index in [9.17, 15) is 8.42 Å². The fourth-order valence-corrected chi connectivity index (χ4v) is 4.17. The Kier molecular flexibility index (Phi) is 3.46. The number of anilines is 1. The van der Waals surface area contributed by atoms with E-state index in [4.69, 9.17) is 5.73 Å². The molecule has 0 amide bonds. The minimum Gasteiger partial charge on any atom is -0.398 e. The minimum atomic E-state index is -3.58. The molecule has 0 aromatic heterocycles. The average molecular weight is 333 g/mol. The lowest BCUT2D eigenvalue weighted by molar-refractivity contribution is 0.400. The third-order valence-electron chi connectivity index (χ3n) is 3.26. The lowest BCUT2D eigenvalue weighted by Gasteiger charge is -2.26. The highest BCUT2D eigenvalue weighted by molar-refractivity contribution is 9.10. The zero-order valence-corrected chi connectivity index (χ0v) is 12.8. The number of benzene rings is 1. The number of hydrogen-bond donors (Lipinski definition) is 2. The van der Waals surface area contributed by atoms with Gasteiger partial charge in [0.25, 0.3) is 0 Å². The van der Waals surface area contributed by atoms with Gasteiger partial charge in [-0.15, -0.1) is 0 Å². The molecule has 4 nitrogen and oxygen atoms in total. The zero-order valence-electron chi connectivity index (χ0n) is 10.4. The Balaban J connectivity index is 2.33. The molecule has 0 aliphatic heterocycles. The molecule has 100 valence electrons. The van der Waals surface area contributed by atoms with Crippen molar-refractivity contribution in [2.45, 2.75) is 37.1 Å². The van der Waals surface area contributed by atoms with Gasteiger partial charge in [0, 0.05) is 10.0 Å². The number of halogens is 1. The number of nitrogens with two attached hydrogens (primary N) is 1. The number of sulfonamides is 1. The van der Waals surface area contributed by atoms with Crippen LogP contribution in [0.1, 0.15) is 26.7 Å². The Labute approximate surface area is 116 Å². The van der Waals surface area contributed by atoms with Crippen molar-refractivity contribution in [2.75, 3.05) is 5.73 Å². The first-order chi connectivity index (χ1) is 8.22. The van der Waals surface area contributed by atoms with Gasteiger partial charge in [-0.25, -0.2) is 13.1 Å². The van der Waals surface area contributed by atoms with Gasteiger partial charge >= 0.3 is 0 Å². The number of rotatable bonds is 4. The smallest absolute Gasteiger partial charge is 0.243 e. The van der Waals surface area contributed by atoms with Crippen molar-refractivity contribution < 1.29 is 8.42 Å². The molecule has 18 heavy (non-hydrogen) atoms. The van der Waals surface area contributed by atoms with E-state index in [0.717, 1.165) is 12.8 Å². The predicted octanol–water partition coefficient (Wildman–Crippen LogP) is 2.50. The van der Waals surface area contributed by atoms with Crippen molar-refractivity contribution in [3.63, 3.8) is 0 Å². The summed E-state index contributed by atoms with van der Waals surface area (Å²) in [6.45, 7) is 3.83. The van der Waals surface area contributed by atoms with E-state index in [1.807, 2.05) is 13.8 Å². The molecule has 0 bridgehead atoms. The molecular weight excluding hydrogens is 316 g/mol. The molecule has 1 aromatic rings. The molecule has 0 heterocycles. The van der Waals surface area contributed by atoms with Crippen molar-refractivity contribution in [3.8, 4) is 0 Å². The minimum absolute atomic E-state index is 0.130. The summed E-state index contributed by atoms with van der Waals surface area (Å²) in [4.78, 5) is 0.130. The number of nitrogen functional groups attached to an aromatic ring is 1. The monoisotopic (exact) mass is 332 g/mol. The lowest BCUT2D eigenvalue weighted by Crippen LogP contribution is -2.45. The first-order valence-electron chi connectivity index (χ1n) is 5.81. The van der Waals surface area contributed by atoms with Gasteiger partial charge in [0.05, 0.1) is 5.69 Å². The van der Waals surface area contributed by atoms with Crippen LogP contribution in [0, 0.1) is 5.92 Å². The fourth-order valence-electron chi connectivity index (χ4n) is 2.03. The zero-order chi connectivity index (χ0) is 13.6. The van der Waals surface area contributed by atoms with E-state index < -0.39 is 15.6 Å². The van der Waals surface area contributed by atoms with Gasteiger partial charge in [-0.3, -0.25) is 0 Å². The average Bonchev–Trinajstić information content (AvgIpc) is 3.03. The normalized spacial score (nSPS) is 16.8. The van der Waals surface area contributed by atoms with Crippen LogP contribution in [0.15, 0.2) is 27.6 Å². The quantitative estimate of drug-likeness (QED) is 0.832. The van der Waals surface area contributed by atoms with Crippen molar-refractivity contribution >= 4 is 31.6 Å². The Bertz CT molecular complexity index is 565. The summed E-state index contributed by atoms with van der Waals surface area (Å²) in [6.07, 6.45) is 2.15. The number of hydrogen-bond acceptors (Lipinski definition) is 3. The highest BCUT2D eigenvalue weighted by Crippen LogP contribution is 2.40. The number of nitrogens with one attached hydrogen (secondary N) is 1. The third-order valence-corrected chi connectivity index (χ3v) is 5.48. The van der Waals surface area contributed by atoms with Crippen LogP contribution in [0.5, 0.6) is 0 Å². The molecule has 3 N–H and O–H groups in total. The molecule has 0 atom stereocenters. The Hall–Kier alpha value is -0.590. The molecule has 1 aliphatic rings. The highest BCUT2D eigenvalue weighted by Gasteiger charge is 2.40. The molecule has 1 aromatic carbocycles. The van der Waals surface area contributed by atoms with Crippen LogP contribution in [-0.2, 0) is 10.0 Å². The van der Waals surface area contributed by atoms with E-state index in [1.54, 1.807) is 12.1 Å². The maximum Gasteiger partial charge on any atom is 0.243 e. The van der Waals surface area contributed by atoms with Crippen molar-refractivity contribution in [1.29, 1.82) is 0 Å². The fraction of sp³-hybridized carbons (Fsp3) is 0.500. The summed E-state index contributed by atoms with van der Waals surface area (Å²) in [6, 6.07) is 4.84. The summed E-state index contributed by atoms with van der Waals surface area (Å²) in [5.74, 6) is 0.417. The Morgan fingerprint density at radius 3 is 2.56 bits per heavy atom. The second-order valence-electron chi connectivity index (χ2n) is 5.28. The summed E-state index contributed by atoms with van der Waals surface area (Å²) in [5.41, 5.74) is 5.58. The van der Waals surface area contributed by atoms with Gasteiger partial charge in [-0.2, -0.15) is 0 Å². The first kappa shape index (κ1) is 13.8. The molecule has 0 saturated heterocycles. The molecule has 1 fully saturated rings. The van der Waals surface area contributed by atoms with Crippen LogP contribution < -0.4 is 10.5 Å². The largest absolute Gasteiger partial charge is 0.398 e. The lowest BCUT2D eigenvalue weighted by atomic mass is 10.0. The SMILES string of the molecule is CC(C)(NS(=O)(=O)c1cc(Br)ccc1N)C1CC1. The van der Waals surface area contributed by atoms with Crippen LogP contribution in [0.25, 0.3) is 0 Å². The van der Waals surface area contributed by atoms with E-state index >= 15 is 0 Å². The van der Waals surface area contributed by atoms with E-state index in [1.165, 1.54) is 6.07 Å². The van der Waals surface area contributed by atoms with E-state index in [2.05, 4.69) is 20.7 Å². The second kappa shape index (κ2) is 4.51. The summed E-state index contributed by atoms with van der Waals surface area (Å²) < 4.78 is 28.1. The molecule has 0 spiro atoms. The summed E-state index contributed by atoms with van der Waals surface area (Å²) in [7, 11) is -3.58. The summed E-state index contributed by atoms with van der Waals surface area (Å²) >= 11 is 3.26. The van der Waals surface area contributed by atoms with Gasteiger partial charge in [0.2, 0.25) is 10.0 Å². The van der Waals surface area contributed by atoms with E-state index in [-0.39, 0.29) is 10.6 Å². The maximum atomic E-state index is 12.3. The van der Waals surface area contributed by atoms with Crippen molar-refractivity contribution in [2.24, 2.45) is 5.92 Å². The van der Waals surface area contributed by atoms with Crippen molar-refractivity contribution in [3.05, 3.63) is 22.7 Å². The van der Waals surface area contributed by atoms with Crippen LogP contribution in [-0.4, -0.2) is 14.0 Å². The molecular formula is C12H17BrN2O2S. The van der Waals surface area contributed by atoms with Crippen LogP contribution >= 0.6 is 15.9 Å². The van der Waals surface area contributed by atoms with Crippen LogP contribution in [0.4, 0.5) is 5.69 Å².